The lowest BCUT2D eigenvalue weighted by molar-refractivity contribution is 0.0919. The minimum absolute atomic E-state index is 0.143. The van der Waals surface area contributed by atoms with Crippen LogP contribution in [0.25, 0.3) is 0 Å². The van der Waals surface area contributed by atoms with E-state index in [-0.39, 0.29) is 23.6 Å². The van der Waals surface area contributed by atoms with E-state index in [4.69, 9.17) is 0 Å². The van der Waals surface area contributed by atoms with Crippen LogP contribution in [0.3, 0.4) is 0 Å². The quantitative estimate of drug-likeness (QED) is 0.851. The third-order valence-corrected chi connectivity index (χ3v) is 2.61. The van der Waals surface area contributed by atoms with Crippen LogP contribution in [0.1, 0.15) is 36.1 Å². The zero-order valence-electron chi connectivity index (χ0n) is 10.3. The summed E-state index contributed by atoms with van der Waals surface area (Å²) < 4.78 is 0. The molecule has 0 radical (unpaired) electrons. The minimum atomic E-state index is -0.256. The lowest BCUT2D eigenvalue weighted by Gasteiger charge is -2.21. The van der Waals surface area contributed by atoms with Crippen LogP contribution in [0.2, 0.25) is 0 Å². The molecule has 0 saturated carbocycles. The van der Waals surface area contributed by atoms with Crippen molar-refractivity contribution in [3.8, 4) is 0 Å². The normalized spacial score (nSPS) is 12.4. The zero-order chi connectivity index (χ0) is 13.0. The van der Waals surface area contributed by atoms with Gasteiger partial charge in [0, 0.05) is 6.20 Å². The fourth-order valence-corrected chi connectivity index (χ4v) is 1.67. The van der Waals surface area contributed by atoms with E-state index in [0.717, 1.165) is 5.69 Å². The Labute approximate surface area is 105 Å². The van der Waals surface area contributed by atoms with Crippen molar-refractivity contribution in [2.24, 2.45) is 5.92 Å². The number of aromatic amines is 1. The summed E-state index contributed by atoms with van der Waals surface area (Å²) in [5.74, 6) is -0.0242. The van der Waals surface area contributed by atoms with Gasteiger partial charge in [0.15, 0.2) is 5.69 Å². The molecular formula is C12H15N5O. The molecule has 2 aromatic heterocycles. The number of carbonyl (C=O) groups is 1. The van der Waals surface area contributed by atoms with Crippen molar-refractivity contribution < 1.29 is 4.79 Å². The lowest BCUT2D eigenvalue weighted by atomic mass is 10.00. The Hall–Kier alpha value is -2.24. The van der Waals surface area contributed by atoms with Gasteiger partial charge in [-0.2, -0.15) is 15.4 Å². The number of carbonyl (C=O) groups excluding carboxylic acids is 1. The second-order valence-electron chi connectivity index (χ2n) is 4.30. The average Bonchev–Trinajstić information content (AvgIpc) is 2.90. The smallest absolute Gasteiger partial charge is 0.274 e. The molecule has 0 saturated heterocycles. The summed E-state index contributed by atoms with van der Waals surface area (Å²) in [6, 6.07) is 5.50. The van der Waals surface area contributed by atoms with E-state index in [0.29, 0.717) is 0 Å². The lowest BCUT2D eigenvalue weighted by Crippen LogP contribution is -2.32. The first kappa shape index (κ1) is 12.2. The fourth-order valence-electron chi connectivity index (χ4n) is 1.67. The predicted octanol–water partition coefficient (Wildman–Crippen LogP) is 1.33. The van der Waals surface area contributed by atoms with E-state index in [9.17, 15) is 4.79 Å². The molecule has 1 amide bonds. The zero-order valence-corrected chi connectivity index (χ0v) is 10.3. The molecule has 1 unspecified atom stereocenters. The highest BCUT2D eigenvalue weighted by Crippen LogP contribution is 2.19. The Bertz CT molecular complexity index is 494. The van der Waals surface area contributed by atoms with Crippen molar-refractivity contribution in [1.29, 1.82) is 0 Å². The molecule has 2 heterocycles. The third kappa shape index (κ3) is 2.71. The van der Waals surface area contributed by atoms with Crippen LogP contribution in [0.5, 0.6) is 0 Å². The molecule has 0 aromatic carbocycles. The number of aromatic nitrogens is 4. The van der Waals surface area contributed by atoms with Crippen LogP contribution < -0.4 is 5.32 Å². The highest BCUT2D eigenvalue weighted by atomic mass is 16.2. The molecule has 0 fully saturated rings. The van der Waals surface area contributed by atoms with E-state index in [1.165, 1.54) is 6.20 Å². The molecule has 2 rings (SSSR count). The number of nitrogens with zero attached hydrogens (tertiary/aromatic N) is 3. The average molecular weight is 245 g/mol. The van der Waals surface area contributed by atoms with Gasteiger partial charge < -0.3 is 5.32 Å². The Morgan fingerprint density at radius 1 is 1.39 bits per heavy atom. The van der Waals surface area contributed by atoms with E-state index >= 15 is 0 Å². The van der Waals surface area contributed by atoms with Gasteiger partial charge >= 0.3 is 0 Å². The molecule has 0 aliphatic heterocycles. The SMILES string of the molecule is CC(C)C(NC(=O)c1cn[nH]n1)c1ccccn1. The summed E-state index contributed by atoms with van der Waals surface area (Å²) in [5.41, 5.74) is 1.11. The van der Waals surface area contributed by atoms with Crippen LogP contribution in [-0.2, 0) is 0 Å². The fraction of sp³-hybridized carbons (Fsp3) is 0.333. The molecule has 18 heavy (non-hydrogen) atoms. The number of nitrogens with one attached hydrogen (secondary N) is 2. The molecular weight excluding hydrogens is 230 g/mol. The van der Waals surface area contributed by atoms with Crippen molar-refractivity contribution in [1.82, 2.24) is 25.7 Å². The third-order valence-electron chi connectivity index (χ3n) is 2.61. The largest absolute Gasteiger partial charge is 0.342 e. The van der Waals surface area contributed by atoms with Crippen LogP contribution in [0, 0.1) is 5.92 Å². The molecule has 0 aliphatic rings. The van der Waals surface area contributed by atoms with Gasteiger partial charge in [-0.25, -0.2) is 0 Å². The van der Waals surface area contributed by atoms with Crippen molar-refractivity contribution >= 4 is 5.91 Å². The molecule has 2 aromatic rings. The van der Waals surface area contributed by atoms with Gasteiger partial charge in [0.05, 0.1) is 17.9 Å². The van der Waals surface area contributed by atoms with Crippen molar-refractivity contribution in [3.63, 3.8) is 0 Å². The van der Waals surface area contributed by atoms with Crippen molar-refractivity contribution in [2.75, 3.05) is 0 Å². The van der Waals surface area contributed by atoms with E-state index in [2.05, 4.69) is 25.7 Å². The number of pyridine rings is 1. The second-order valence-corrected chi connectivity index (χ2v) is 4.30. The standard InChI is InChI=1S/C12H15N5O/c1-8(2)11(9-5-3-4-6-13-9)15-12(18)10-7-14-17-16-10/h3-8,11H,1-2H3,(H,15,18)(H,14,16,17). The van der Waals surface area contributed by atoms with Crippen LogP contribution in [0.15, 0.2) is 30.6 Å². The molecule has 6 heteroatoms. The maximum atomic E-state index is 11.9. The molecule has 0 bridgehead atoms. The van der Waals surface area contributed by atoms with Crippen molar-refractivity contribution in [2.45, 2.75) is 19.9 Å². The monoisotopic (exact) mass is 245 g/mol. The van der Waals surface area contributed by atoms with Gasteiger partial charge in [-0.05, 0) is 18.1 Å². The maximum Gasteiger partial charge on any atom is 0.274 e. The summed E-state index contributed by atoms with van der Waals surface area (Å²) in [7, 11) is 0. The minimum Gasteiger partial charge on any atom is -0.342 e. The van der Waals surface area contributed by atoms with Crippen LogP contribution >= 0.6 is 0 Å². The summed E-state index contributed by atoms with van der Waals surface area (Å²) >= 11 is 0. The Morgan fingerprint density at radius 3 is 2.78 bits per heavy atom. The first-order valence-electron chi connectivity index (χ1n) is 5.76. The highest BCUT2D eigenvalue weighted by Gasteiger charge is 2.21. The van der Waals surface area contributed by atoms with E-state index in [1.54, 1.807) is 6.20 Å². The van der Waals surface area contributed by atoms with Gasteiger partial charge in [-0.1, -0.05) is 19.9 Å². The Morgan fingerprint density at radius 2 is 2.22 bits per heavy atom. The maximum absolute atomic E-state index is 11.9. The van der Waals surface area contributed by atoms with Crippen LogP contribution in [0.4, 0.5) is 0 Å². The molecule has 2 N–H and O–H groups in total. The second kappa shape index (κ2) is 5.39. The number of H-pyrrole nitrogens is 1. The van der Waals surface area contributed by atoms with E-state index in [1.807, 2.05) is 32.0 Å². The van der Waals surface area contributed by atoms with Gasteiger partial charge in [0.1, 0.15) is 0 Å². The highest BCUT2D eigenvalue weighted by molar-refractivity contribution is 5.92. The summed E-state index contributed by atoms with van der Waals surface area (Å²) in [6.07, 6.45) is 3.11. The number of hydrogen-bond donors (Lipinski definition) is 2. The van der Waals surface area contributed by atoms with Crippen LogP contribution in [-0.4, -0.2) is 26.3 Å². The number of hydrogen-bond acceptors (Lipinski definition) is 4. The Kier molecular flexibility index (Phi) is 3.66. The predicted molar refractivity (Wildman–Crippen MR) is 65.7 cm³/mol. The van der Waals surface area contributed by atoms with Gasteiger partial charge in [0.2, 0.25) is 0 Å². The summed E-state index contributed by atoms with van der Waals surface area (Å²) in [4.78, 5) is 16.2. The molecule has 0 aliphatic carbocycles. The Balaban J connectivity index is 2.15. The molecule has 0 spiro atoms. The molecule has 94 valence electrons. The molecule has 6 nitrogen and oxygen atoms in total. The van der Waals surface area contributed by atoms with Gasteiger partial charge in [0.25, 0.3) is 5.91 Å². The first-order valence-corrected chi connectivity index (χ1v) is 5.76. The van der Waals surface area contributed by atoms with Crippen molar-refractivity contribution in [3.05, 3.63) is 42.0 Å². The van der Waals surface area contributed by atoms with E-state index < -0.39 is 0 Å². The number of amides is 1. The molecule has 1 atom stereocenters. The van der Waals surface area contributed by atoms with Gasteiger partial charge in [-0.3, -0.25) is 9.78 Å². The summed E-state index contributed by atoms with van der Waals surface area (Å²) in [5, 5.41) is 12.7. The summed E-state index contributed by atoms with van der Waals surface area (Å²) in [6.45, 7) is 4.06. The van der Waals surface area contributed by atoms with Gasteiger partial charge in [-0.15, -0.1) is 0 Å². The topological polar surface area (TPSA) is 83.6 Å². The first-order chi connectivity index (χ1) is 8.68. The number of rotatable bonds is 4.